The maximum absolute atomic E-state index is 13.4. The van der Waals surface area contributed by atoms with Gasteiger partial charge < -0.3 is 15.0 Å². The van der Waals surface area contributed by atoms with Gasteiger partial charge in [-0.2, -0.15) is 0 Å². The van der Waals surface area contributed by atoms with Crippen molar-refractivity contribution < 1.29 is 19.1 Å². The summed E-state index contributed by atoms with van der Waals surface area (Å²) < 4.78 is 5.50. The lowest BCUT2D eigenvalue weighted by atomic mass is 9.90. The largest absolute Gasteiger partial charge is 0.463 e. The highest BCUT2D eigenvalue weighted by Crippen LogP contribution is 2.34. The SMILES string of the molecule is CCOC(=O)C1=C(CN2CCN(C(=O)c3ccccc3)CC2)N(CC)C(=O)NC1c1cc(C)ccc1C. The van der Waals surface area contributed by atoms with E-state index in [1.54, 1.807) is 11.8 Å². The summed E-state index contributed by atoms with van der Waals surface area (Å²) in [6, 6.07) is 14.5. The molecule has 2 aliphatic rings. The molecule has 2 heterocycles. The molecule has 0 saturated carbocycles. The molecule has 8 nitrogen and oxygen atoms in total. The smallest absolute Gasteiger partial charge is 0.338 e. The molecular formula is C29H36N4O4. The minimum atomic E-state index is -0.592. The molecule has 2 aromatic carbocycles. The molecular weight excluding hydrogens is 468 g/mol. The van der Waals surface area contributed by atoms with Gasteiger partial charge in [-0.25, -0.2) is 9.59 Å². The normalized spacial score (nSPS) is 18.6. The van der Waals surface area contributed by atoms with Crippen LogP contribution in [-0.4, -0.2) is 78.5 Å². The molecule has 2 aromatic rings. The number of urea groups is 1. The summed E-state index contributed by atoms with van der Waals surface area (Å²) in [4.78, 5) is 45.2. The van der Waals surface area contributed by atoms with E-state index in [0.29, 0.717) is 56.1 Å². The number of hydrogen-bond donors (Lipinski definition) is 1. The standard InChI is InChI=1S/C29H36N4O4/c1-5-33-24(19-31-14-16-32(17-15-31)27(34)22-10-8-7-9-11-22)25(28(35)37-6-2)26(30-29(33)36)23-18-20(3)12-13-21(23)4/h7-13,18,26H,5-6,14-17,19H2,1-4H3,(H,30,36). The Morgan fingerprint density at radius 2 is 1.70 bits per heavy atom. The average molecular weight is 505 g/mol. The van der Waals surface area contributed by atoms with E-state index < -0.39 is 12.0 Å². The van der Waals surface area contributed by atoms with Crippen LogP contribution < -0.4 is 5.32 Å². The minimum absolute atomic E-state index is 0.0221. The van der Waals surface area contributed by atoms with Crippen LogP contribution in [0.15, 0.2) is 59.8 Å². The summed E-state index contributed by atoms with van der Waals surface area (Å²) in [6.07, 6.45) is 0. The van der Waals surface area contributed by atoms with E-state index in [4.69, 9.17) is 4.74 Å². The summed E-state index contributed by atoms with van der Waals surface area (Å²) in [7, 11) is 0. The highest BCUT2D eigenvalue weighted by Gasteiger charge is 2.39. The van der Waals surface area contributed by atoms with E-state index in [2.05, 4.69) is 10.2 Å². The van der Waals surface area contributed by atoms with Crippen molar-refractivity contribution in [2.24, 2.45) is 0 Å². The number of carbonyl (C=O) groups is 3. The number of aryl methyl sites for hydroxylation is 2. The maximum atomic E-state index is 13.4. The molecule has 1 N–H and O–H groups in total. The van der Waals surface area contributed by atoms with Gasteiger partial charge in [0.1, 0.15) is 0 Å². The lowest BCUT2D eigenvalue weighted by molar-refractivity contribution is -0.139. The predicted molar refractivity (Wildman–Crippen MR) is 142 cm³/mol. The predicted octanol–water partition coefficient (Wildman–Crippen LogP) is 3.66. The van der Waals surface area contributed by atoms with Gasteiger partial charge in [0.25, 0.3) is 5.91 Å². The van der Waals surface area contributed by atoms with Crippen LogP contribution in [0.25, 0.3) is 0 Å². The van der Waals surface area contributed by atoms with Crippen LogP contribution in [0.5, 0.6) is 0 Å². The van der Waals surface area contributed by atoms with Gasteiger partial charge in [-0.1, -0.05) is 42.0 Å². The second-order valence-corrected chi connectivity index (χ2v) is 9.50. The molecule has 1 unspecified atom stereocenters. The molecule has 2 aliphatic heterocycles. The molecule has 1 atom stereocenters. The Morgan fingerprint density at radius 1 is 1.00 bits per heavy atom. The number of hydrogen-bond acceptors (Lipinski definition) is 5. The number of nitrogens with one attached hydrogen (secondary N) is 1. The topological polar surface area (TPSA) is 82.2 Å². The molecule has 37 heavy (non-hydrogen) atoms. The zero-order chi connectivity index (χ0) is 26.5. The molecule has 4 rings (SSSR count). The number of amides is 3. The number of benzene rings is 2. The molecule has 8 heteroatoms. The van der Waals surface area contributed by atoms with Gasteiger partial charge in [0.2, 0.25) is 0 Å². The lowest BCUT2D eigenvalue weighted by Crippen LogP contribution is -2.53. The van der Waals surface area contributed by atoms with Gasteiger partial charge in [0.15, 0.2) is 0 Å². The number of likely N-dealkylation sites (N-methyl/N-ethyl adjacent to an activating group) is 1. The van der Waals surface area contributed by atoms with Crippen LogP contribution in [0, 0.1) is 13.8 Å². The molecule has 0 spiro atoms. The van der Waals surface area contributed by atoms with Crippen molar-refractivity contribution >= 4 is 17.9 Å². The summed E-state index contributed by atoms with van der Waals surface area (Å²) in [5.41, 5.74) is 4.76. The Kier molecular flexibility index (Phi) is 8.28. The van der Waals surface area contributed by atoms with Crippen LogP contribution in [0.2, 0.25) is 0 Å². The third-order valence-electron chi connectivity index (χ3n) is 7.05. The minimum Gasteiger partial charge on any atom is -0.463 e. The number of nitrogens with zero attached hydrogens (tertiary/aromatic N) is 3. The third kappa shape index (κ3) is 5.69. The van der Waals surface area contributed by atoms with E-state index in [1.165, 1.54) is 0 Å². The second-order valence-electron chi connectivity index (χ2n) is 9.50. The number of ether oxygens (including phenoxy) is 1. The maximum Gasteiger partial charge on any atom is 0.338 e. The Bertz CT molecular complexity index is 1190. The Morgan fingerprint density at radius 3 is 2.35 bits per heavy atom. The first-order chi connectivity index (χ1) is 17.8. The summed E-state index contributed by atoms with van der Waals surface area (Å²) >= 11 is 0. The number of carbonyl (C=O) groups excluding carboxylic acids is 3. The quantitative estimate of drug-likeness (QED) is 0.582. The van der Waals surface area contributed by atoms with Gasteiger partial charge in [-0.3, -0.25) is 14.6 Å². The molecule has 1 saturated heterocycles. The molecule has 0 bridgehead atoms. The van der Waals surface area contributed by atoms with Crippen LogP contribution in [0.3, 0.4) is 0 Å². The highest BCUT2D eigenvalue weighted by molar-refractivity contribution is 5.95. The first kappa shape index (κ1) is 26.4. The van der Waals surface area contributed by atoms with Gasteiger partial charge in [0, 0.05) is 50.5 Å². The van der Waals surface area contributed by atoms with E-state index in [9.17, 15) is 14.4 Å². The molecule has 196 valence electrons. The van der Waals surface area contributed by atoms with Gasteiger partial charge in [-0.05, 0) is 51.0 Å². The molecule has 0 aliphatic carbocycles. The lowest BCUT2D eigenvalue weighted by Gasteiger charge is -2.40. The zero-order valence-electron chi connectivity index (χ0n) is 22.1. The fourth-order valence-corrected chi connectivity index (χ4v) is 5.05. The van der Waals surface area contributed by atoms with E-state index in [-0.39, 0.29) is 18.5 Å². The van der Waals surface area contributed by atoms with E-state index in [1.807, 2.05) is 74.2 Å². The van der Waals surface area contributed by atoms with Crippen molar-refractivity contribution in [2.45, 2.75) is 33.7 Å². The van der Waals surface area contributed by atoms with Crippen LogP contribution in [-0.2, 0) is 9.53 Å². The van der Waals surface area contributed by atoms with Gasteiger partial charge in [0.05, 0.1) is 18.2 Å². The van der Waals surface area contributed by atoms with Crippen molar-refractivity contribution in [3.8, 4) is 0 Å². The van der Waals surface area contributed by atoms with Crippen molar-refractivity contribution in [2.75, 3.05) is 45.9 Å². The summed E-state index contributed by atoms with van der Waals surface area (Å²) in [6.45, 7) is 11.2. The average Bonchev–Trinajstić information content (AvgIpc) is 2.90. The van der Waals surface area contributed by atoms with Crippen LogP contribution >= 0.6 is 0 Å². The highest BCUT2D eigenvalue weighted by atomic mass is 16.5. The third-order valence-corrected chi connectivity index (χ3v) is 7.05. The van der Waals surface area contributed by atoms with Crippen LogP contribution in [0.4, 0.5) is 4.79 Å². The number of piperazine rings is 1. The summed E-state index contributed by atoms with van der Waals surface area (Å²) in [5.74, 6) is -0.395. The van der Waals surface area contributed by atoms with E-state index >= 15 is 0 Å². The Labute approximate surface area is 218 Å². The second kappa shape index (κ2) is 11.6. The van der Waals surface area contributed by atoms with E-state index in [0.717, 1.165) is 16.7 Å². The fraction of sp³-hybridized carbons (Fsp3) is 0.414. The number of esters is 1. The van der Waals surface area contributed by atoms with Crippen molar-refractivity contribution in [3.63, 3.8) is 0 Å². The first-order valence-electron chi connectivity index (χ1n) is 13.0. The van der Waals surface area contributed by atoms with Crippen molar-refractivity contribution in [1.29, 1.82) is 0 Å². The molecule has 3 amide bonds. The number of rotatable bonds is 7. The summed E-state index contributed by atoms with van der Waals surface area (Å²) in [5, 5.41) is 3.06. The zero-order valence-corrected chi connectivity index (χ0v) is 22.1. The molecule has 0 radical (unpaired) electrons. The van der Waals surface area contributed by atoms with Gasteiger partial charge in [-0.15, -0.1) is 0 Å². The van der Waals surface area contributed by atoms with Gasteiger partial charge >= 0.3 is 12.0 Å². The monoisotopic (exact) mass is 504 g/mol. The molecule has 1 fully saturated rings. The Hall–Kier alpha value is -3.65. The Balaban J connectivity index is 1.63. The van der Waals surface area contributed by atoms with Crippen LogP contribution in [0.1, 0.15) is 46.9 Å². The first-order valence-corrected chi connectivity index (χ1v) is 13.0. The van der Waals surface area contributed by atoms with Crippen molar-refractivity contribution in [3.05, 3.63) is 82.1 Å². The fourth-order valence-electron chi connectivity index (χ4n) is 5.05. The molecule has 0 aromatic heterocycles. The van der Waals surface area contributed by atoms with Crippen molar-refractivity contribution in [1.82, 2.24) is 20.0 Å².